The number of benzene rings is 1. The molecule has 0 atom stereocenters. The Kier molecular flexibility index (Phi) is 9.96. The summed E-state index contributed by atoms with van der Waals surface area (Å²) in [7, 11) is 0. The highest BCUT2D eigenvalue weighted by Gasteiger charge is 2.23. The van der Waals surface area contributed by atoms with Crippen molar-refractivity contribution in [2.45, 2.75) is 89.6 Å². The van der Waals surface area contributed by atoms with Gasteiger partial charge in [-0.2, -0.15) is 8.78 Å². The van der Waals surface area contributed by atoms with Gasteiger partial charge in [0, 0.05) is 18.2 Å². The maximum absolute atomic E-state index is 14.0. The average molecular weight is 383 g/mol. The Labute approximate surface area is 162 Å². The summed E-state index contributed by atoms with van der Waals surface area (Å²) in [6.45, 7) is 3.08. The van der Waals surface area contributed by atoms with Crippen LogP contribution in [0.25, 0.3) is 6.08 Å². The molecule has 1 aromatic rings. The van der Waals surface area contributed by atoms with E-state index >= 15 is 0 Å². The van der Waals surface area contributed by atoms with Gasteiger partial charge in [0.1, 0.15) is 5.82 Å². The first-order valence-electron chi connectivity index (χ1n) is 10.5. The van der Waals surface area contributed by atoms with Crippen molar-refractivity contribution in [2.24, 2.45) is 0 Å². The van der Waals surface area contributed by atoms with E-state index in [0.29, 0.717) is 18.1 Å². The first kappa shape index (κ1) is 22.0. The predicted octanol–water partition coefficient (Wildman–Crippen LogP) is 7.86. The molecule has 0 bridgehead atoms. The summed E-state index contributed by atoms with van der Waals surface area (Å²) < 4.78 is 44.6. The first-order chi connectivity index (χ1) is 13.1. The predicted molar refractivity (Wildman–Crippen MR) is 106 cm³/mol. The summed E-state index contributed by atoms with van der Waals surface area (Å²) in [5, 5.41) is 0. The molecule has 2 rings (SSSR count). The number of ether oxygens (including phenoxy) is 1. The molecule has 0 N–H and O–H groups in total. The van der Waals surface area contributed by atoms with Gasteiger partial charge in [0.2, 0.25) is 0 Å². The Bertz CT molecular complexity index is 573. The van der Waals surface area contributed by atoms with Crippen LogP contribution in [0.4, 0.5) is 13.2 Å². The third kappa shape index (κ3) is 8.08. The Hall–Kier alpha value is -1.29. The van der Waals surface area contributed by atoms with Crippen LogP contribution in [0.1, 0.15) is 94.6 Å². The summed E-state index contributed by atoms with van der Waals surface area (Å²) in [6.07, 6.45) is 11.9. The van der Waals surface area contributed by atoms with Crippen molar-refractivity contribution >= 4 is 6.08 Å². The molecule has 4 heteroatoms. The molecule has 0 aromatic heterocycles. The smallest absolute Gasteiger partial charge is 0.271 e. The van der Waals surface area contributed by atoms with Crippen LogP contribution in [0, 0.1) is 5.82 Å². The summed E-state index contributed by atoms with van der Waals surface area (Å²) in [6, 6.07) is 4.65. The van der Waals surface area contributed by atoms with Crippen LogP contribution < -0.4 is 0 Å². The largest absolute Gasteiger partial charge is 0.378 e. The van der Waals surface area contributed by atoms with Crippen LogP contribution in [0.3, 0.4) is 0 Å². The van der Waals surface area contributed by atoms with Gasteiger partial charge < -0.3 is 4.74 Å². The molecule has 0 heterocycles. The van der Waals surface area contributed by atoms with Gasteiger partial charge in [0.15, 0.2) is 0 Å². The Morgan fingerprint density at radius 2 is 1.67 bits per heavy atom. The molecule has 0 radical (unpaired) electrons. The molecule has 0 aliphatic heterocycles. The molecule has 27 heavy (non-hydrogen) atoms. The van der Waals surface area contributed by atoms with E-state index in [2.05, 4.69) is 6.92 Å². The van der Waals surface area contributed by atoms with Crippen LogP contribution >= 0.6 is 0 Å². The lowest BCUT2D eigenvalue weighted by Gasteiger charge is -2.29. The van der Waals surface area contributed by atoms with Gasteiger partial charge in [0.25, 0.3) is 6.08 Å². The molecule has 1 saturated carbocycles. The number of hydrogen-bond donors (Lipinski definition) is 0. The quantitative estimate of drug-likeness (QED) is 0.354. The van der Waals surface area contributed by atoms with Crippen molar-refractivity contribution in [3.05, 3.63) is 41.2 Å². The second kappa shape index (κ2) is 12.2. The van der Waals surface area contributed by atoms with Gasteiger partial charge in [-0.3, -0.25) is 0 Å². The Morgan fingerprint density at radius 1 is 1.00 bits per heavy atom. The number of rotatable bonds is 11. The lowest BCUT2D eigenvalue weighted by atomic mass is 9.82. The van der Waals surface area contributed by atoms with E-state index in [1.54, 1.807) is 6.07 Å². The van der Waals surface area contributed by atoms with E-state index < -0.39 is 11.9 Å². The first-order valence-corrected chi connectivity index (χ1v) is 10.5. The fourth-order valence-corrected chi connectivity index (χ4v) is 3.90. The van der Waals surface area contributed by atoms with E-state index in [1.807, 2.05) is 0 Å². The molecular weight excluding hydrogens is 349 g/mol. The second-order valence-electron chi connectivity index (χ2n) is 7.68. The summed E-state index contributed by atoms with van der Waals surface area (Å²) in [4.78, 5) is 0. The topological polar surface area (TPSA) is 9.23 Å². The van der Waals surface area contributed by atoms with Crippen LogP contribution in [-0.2, 0) is 4.74 Å². The minimum Gasteiger partial charge on any atom is -0.378 e. The number of hydrogen-bond acceptors (Lipinski definition) is 1. The molecule has 1 nitrogen and oxygen atoms in total. The molecule has 1 aliphatic rings. The maximum atomic E-state index is 14.0. The highest BCUT2D eigenvalue weighted by Crippen LogP contribution is 2.35. The molecule has 0 saturated heterocycles. The van der Waals surface area contributed by atoms with E-state index in [0.717, 1.165) is 44.3 Å². The van der Waals surface area contributed by atoms with Crippen molar-refractivity contribution in [3.63, 3.8) is 0 Å². The van der Waals surface area contributed by atoms with Gasteiger partial charge in [-0.15, -0.1) is 0 Å². The van der Waals surface area contributed by atoms with Crippen molar-refractivity contribution in [1.29, 1.82) is 0 Å². The third-order valence-electron chi connectivity index (χ3n) is 5.54. The third-order valence-corrected chi connectivity index (χ3v) is 5.54. The fraction of sp³-hybridized carbons (Fsp3) is 0.652. The van der Waals surface area contributed by atoms with E-state index in [1.165, 1.54) is 50.7 Å². The van der Waals surface area contributed by atoms with E-state index in [9.17, 15) is 13.2 Å². The molecule has 0 spiro atoms. The summed E-state index contributed by atoms with van der Waals surface area (Å²) in [5.41, 5.74) is 0.861. The minimum atomic E-state index is -1.87. The van der Waals surface area contributed by atoms with Crippen LogP contribution in [0.15, 0.2) is 24.3 Å². The monoisotopic (exact) mass is 382 g/mol. The van der Waals surface area contributed by atoms with Gasteiger partial charge in [-0.1, -0.05) is 57.6 Å². The summed E-state index contributed by atoms with van der Waals surface area (Å²) >= 11 is 0. The molecule has 0 unspecified atom stereocenters. The van der Waals surface area contributed by atoms with E-state index in [4.69, 9.17) is 4.74 Å². The van der Waals surface area contributed by atoms with Crippen LogP contribution in [0.2, 0.25) is 0 Å². The van der Waals surface area contributed by atoms with Gasteiger partial charge >= 0.3 is 0 Å². The Morgan fingerprint density at radius 3 is 2.30 bits per heavy atom. The zero-order chi connectivity index (χ0) is 19.5. The zero-order valence-electron chi connectivity index (χ0n) is 16.5. The second-order valence-corrected chi connectivity index (χ2v) is 7.68. The van der Waals surface area contributed by atoms with Gasteiger partial charge in [-0.05, 0) is 49.7 Å². The maximum Gasteiger partial charge on any atom is 0.271 e. The zero-order valence-corrected chi connectivity index (χ0v) is 16.5. The van der Waals surface area contributed by atoms with Gasteiger partial charge in [0.05, 0.1) is 6.10 Å². The van der Waals surface area contributed by atoms with E-state index in [-0.39, 0.29) is 5.56 Å². The molecule has 1 aromatic carbocycles. The molecule has 152 valence electrons. The van der Waals surface area contributed by atoms with Crippen molar-refractivity contribution in [1.82, 2.24) is 0 Å². The molecule has 1 fully saturated rings. The van der Waals surface area contributed by atoms with Crippen molar-refractivity contribution < 1.29 is 17.9 Å². The molecule has 1 aliphatic carbocycles. The van der Waals surface area contributed by atoms with Crippen molar-refractivity contribution in [3.8, 4) is 0 Å². The summed E-state index contributed by atoms with van der Waals surface area (Å²) in [5.74, 6) is -0.274. The normalized spacial score (nSPS) is 19.9. The number of unbranched alkanes of at least 4 members (excludes halogenated alkanes) is 6. The molecular formula is C23H33F3O. The highest BCUT2D eigenvalue weighted by molar-refractivity contribution is 5.51. The van der Waals surface area contributed by atoms with Crippen LogP contribution in [-0.4, -0.2) is 12.7 Å². The van der Waals surface area contributed by atoms with Crippen LogP contribution in [0.5, 0.6) is 0 Å². The van der Waals surface area contributed by atoms with Gasteiger partial charge in [-0.25, -0.2) is 4.39 Å². The number of halogens is 3. The van der Waals surface area contributed by atoms with Crippen molar-refractivity contribution in [2.75, 3.05) is 6.61 Å². The standard InChI is InChI=1S/C23H33F3O/c1-2-3-4-5-6-7-8-15-27-21-13-11-18(12-14-21)19-9-10-20(17-23(25)26)22(24)16-19/h9-10,16-18,21H,2-8,11-15H2,1H3. The average Bonchev–Trinajstić information content (AvgIpc) is 2.66. The minimum absolute atomic E-state index is 0.0505. The lowest BCUT2D eigenvalue weighted by Crippen LogP contribution is -2.21. The highest BCUT2D eigenvalue weighted by atomic mass is 19.3. The lowest BCUT2D eigenvalue weighted by molar-refractivity contribution is 0.0226. The fourth-order valence-electron chi connectivity index (χ4n) is 3.90. The SMILES string of the molecule is CCCCCCCCCOC1CCC(c2ccc(C=C(F)F)c(F)c2)CC1. The molecule has 0 amide bonds. The Balaban J connectivity index is 1.65.